The summed E-state index contributed by atoms with van der Waals surface area (Å²) >= 11 is 0. The second-order valence-corrected chi connectivity index (χ2v) is 6.54. The van der Waals surface area contributed by atoms with E-state index < -0.39 is 0 Å². The van der Waals surface area contributed by atoms with Gasteiger partial charge in [-0.05, 0) is 24.3 Å². The number of nitrogens with one attached hydrogen (secondary N) is 1. The van der Waals surface area contributed by atoms with Gasteiger partial charge in [-0.1, -0.05) is 62.9 Å². The predicted molar refractivity (Wildman–Crippen MR) is 83.9 cm³/mol. The molecule has 1 aromatic carbocycles. The topological polar surface area (TPSA) is 46.2 Å². The zero-order valence-corrected chi connectivity index (χ0v) is 13.2. The van der Waals surface area contributed by atoms with E-state index in [9.17, 15) is 9.59 Å². The zero-order chi connectivity index (χ0) is 15.5. The van der Waals surface area contributed by atoms with Gasteiger partial charge in [0, 0.05) is 6.42 Å². The van der Waals surface area contributed by atoms with E-state index in [1.807, 2.05) is 31.2 Å². The molecule has 0 aromatic heterocycles. The van der Waals surface area contributed by atoms with Crippen LogP contribution in [-0.2, 0) is 9.59 Å². The summed E-state index contributed by atoms with van der Waals surface area (Å²) in [6, 6.07) is 8.11. The van der Waals surface area contributed by atoms with Crippen molar-refractivity contribution in [2.75, 3.05) is 0 Å². The molecule has 1 aliphatic rings. The minimum Gasteiger partial charge on any atom is -0.296 e. The summed E-state index contributed by atoms with van der Waals surface area (Å²) in [7, 11) is 0. The van der Waals surface area contributed by atoms with Crippen molar-refractivity contribution < 1.29 is 9.59 Å². The van der Waals surface area contributed by atoms with E-state index >= 15 is 0 Å². The summed E-state index contributed by atoms with van der Waals surface area (Å²) < 4.78 is 0. The van der Waals surface area contributed by atoms with Crippen LogP contribution in [0.15, 0.2) is 24.3 Å². The van der Waals surface area contributed by atoms with Gasteiger partial charge in [0.2, 0.25) is 11.8 Å². The van der Waals surface area contributed by atoms with Gasteiger partial charge in [0.1, 0.15) is 0 Å². The van der Waals surface area contributed by atoms with E-state index in [1.165, 1.54) is 5.56 Å². The highest BCUT2D eigenvalue weighted by Crippen LogP contribution is 2.45. The third-order valence-electron chi connectivity index (χ3n) is 4.55. The zero-order valence-electron chi connectivity index (χ0n) is 13.2. The molecule has 1 saturated heterocycles. The van der Waals surface area contributed by atoms with Gasteiger partial charge in [-0.3, -0.25) is 14.9 Å². The number of carbonyl (C=O) groups excluding carboxylic acids is 2. The SMILES string of the molecule is CCCCCC1(C)CC(=O)NC(=O)C1c1ccc(C)cc1. The standard InChI is InChI=1S/C18H25NO2/c1-4-5-6-11-18(3)12-15(20)19-17(21)16(18)14-9-7-13(2)8-10-14/h7-10,16H,4-6,11-12H2,1-3H3,(H,19,20,21). The molecule has 0 saturated carbocycles. The second kappa shape index (κ2) is 6.42. The Labute approximate surface area is 127 Å². The van der Waals surface area contributed by atoms with Crippen LogP contribution in [0.2, 0.25) is 0 Å². The van der Waals surface area contributed by atoms with Crippen molar-refractivity contribution in [3.05, 3.63) is 35.4 Å². The van der Waals surface area contributed by atoms with Crippen LogP contribution in [0.25, 0.3) is 0 Å². The third kappa shape index (κ3) is 3.52. The van der Waals surface area contributed by atoms with Crippen molar-refractivity contribution in [2.45, 2.75) is 58.8 Å². The van der Waals surface area contributed by atoms with Gasteiger partial charge >= 0.3 is 0 Å². The lowest BCUT2D eigenvalue weighted by molar-refractivity contribution is -0.139. The van der Waals surface area contributed by atoms with E-state index in [0.29, 0.717) is 6.42 Å². The number of hydrogen-bond donors (Lipinski definition) is 1. The number of carbonyl (C=O) groups is 2. The van der Waals surface area contributed by atoms with Gasteiger partial charge in [0.15, 0.2) is 0 Å². The smallest absolute Gasteiger partial charge is 0.234 e. The first-order chi connectivity index (χ1) is 9.96. The number of amides is 2. The summed E-state index contributed by atoms with van der Waals surface area (Å²) in [6.45, 7) is 6.29. The molecule has 0 bridgehead atoms. The highest BCUT2D eigenvalue weighted by Gasteiger charge is 2.45. The van der Waals surface area contributed by atoms with Crippen LogP contribution < -0.4 is 5.32 Å². The van der Waals surface area contributed by atoms with Crippen LogP contribution in [0.1, 0.15) is 63.0 Å². The maximum atomic E-state index is 12.4. The van der Waals surface area contributed by atoms with Gasteiger partial charge in [-0.2, -0.15) is 0 Å². The number of unbranched alkanes of at least 4 members (excludes halogenated alkanes) is 2. The molecule has 2 amide bonds. The molecule has 1 fully saturated rings. The minimum absolute atomic E-state index is 0.137. The Kier molecular flexibility index (Phi) is 4.81. The van der Waals surface area contributed by atoms with Crippen LogP contribution in [0.3, 0.4) is 0 Å². The van der Waals surface area contributed by atoms with Crippen molar-refractivity contribution >= 4 is 11.8 Å². The number of benzene rings is 1. The lowest BCUT2D eigenvalue weighted by Gasteiger charge is -2.40. The molecule has 3 heteroatoms. The number of piperidine rings is 1. The molecule has 114 valence electrons. The van der Waals surface area contributed by atoms with E-state index in [2.05, 4.69) is 19.2 Å². The normalized spacial score (nSPS) is 25.8. The first-order valence-electron chi connectivity index (χ1n) is 7.86. The minimum atomic E-state index is -0.274. The van der Waals surface area contributed by atoms with E-state index in [4.69, 9.17) is 0 Å². The molecule has 2 unspecified atom stereocenters. The molecule has 0 radical (unpaired) electrons. The Morgan fingerprint density at radius 1 is 1.19 bits per heavy atom. The number of hydrogen-bond acceptors (Lipinski definition) is 2. The van der Waals surface area contributed by atoms with Crippen molar-refractivity contribution in [3.8, 4) is 0 Å². The Bertz CT molecular complexity index is 521. The maximum absolute atomic E-state index is 12.4. The number of aryl methyl sites for hydroxylation is 1. The van der Waals surface area contributed by atoms with Crippen LogP contribution in [-0.4, -0.2) is 11.8 Å². The predicted octanol–water partition coefficient (Wildman–Crippen LogP) is 3.71. The van der Waals surface area contributed by atoms with Crippen LogP contribution in [0.5, 0.6) is 0 Å². The average Bonchev–Trinajstić information content (AvgIpc) is 2.40. The van der Waals surface area contributed by atoms with Crippen molar-refractivity contribution in [1.29, 1.82) is 0 Å². The van der Waals surface area contributed by atoms with Gasteiger partial charge in [0.05, 0.1) is 5.92 Å². The molecule has 3 nitrogen and oxygen atoms in total. The Balaban J connectivity index is 2.30. The molecular formula is C18H25NO2. The molecule has 1 N–H and O–H groups in total. The largest absolute Gasteiger partial charge is 0.296 e. The summed E-state index contributed by atoms with van der Waals surface area (Å²) in [5, 5.41) is 2.51. The van der Waals surface area contributed by atoms with E-state index in [0.717, 1.165) is 31.2 Å². The van der Waals surface area contributed by atoms with Crippen LogP contribution in [0, 0.1) is 12.3 Å². The Morgan fingerprint density at radius 2 is 1.86 bits per heavy atom. The van der Waals surface area contributed by atoms with E-state index in [-0.39, 0.29) is 23.1 Å². The molecule has 1 aromatic rings. The highest BCUT2D eigenvalue weighted by atomic mass is 16.2. The molecule has 21 heavy (non-hydrogen) atoms. The average molecular weight is 287 g/mol. The first-order valence-corrected chi connectivity index (χ1v) is 7.86. The lowest BCUT2D eigenvalue weighted by Crippen LogP contribution is -2.49. The first kappa shape index (κ1) is 15.7. The molecule has 2 atom stereocenters. The molecule has 0 aliphatic carbocycles. The van der Waals surface area contributed by atoms with Gasteiger partial charge in [0.25, 0.3) is 0 Å². The van der Waals surface area contributed by atoms with Gasteiger partial charge in [-0.25, -0.2) is 0 Å². The third-order valence-corrected chi connectivity index (χ3v) is 4.55. The van der Waals surface area contributed by atoms with Gasteiger partial charge < -0.3 is 0 Å². The molecule has 2 rings (SSSR count). The lowest BCUT2D eigenvalue weighted by atomic mass is 9.66. The van der Waals surface area contributed by atoms with Crippen molar-refractivity contribution in [2.24, 2.45) is 5.41 Å². The number of imide groups is 1. The molecular weight excluding hydrogens is 262 g/mol. The monoisotopic (exact) mass is 287 g/mol. The summed E-state index contributed by atoms with van der Waals surface area (Å²) in [5.74, 6) is -0.510. The summed E-state index contributed by atoms with van der Waals surface area (Å²) in [4.78, 5) is 24.2. The molecule has 0 spiro atoms. The maximum Gasteiger partial charge on any atom is 0.234 e. The summed E-state index contributed by atoms with van der Waals surface area (Å²) in [5.41, 5.74) is 1.92. The second-order valence-electron chi connectivity index (χ2n) is 6.54. The fourth-order valence-electron chi connectivity index (χ4n) is 3.36. The highest BCUT2D eigenvalue weighted by molar-refractivity contribution is 6.02. The summed E-state index contributed by atoms with van der Waals surface area (Å²) in [6.07, 6.45) is 4.70. The quantitative estimate of drug-likeness (QED) is 0.663. The van der Waals surface area contributed by atoms with E-state index in [1.54, 1.807) is 0 Å². The molecule has 1 aliphatic heterocycles. The Hall–Kier alpha value is -1.64. The Morgan fingerprint density at radius 3 is 2.48 bits per heavy atom. The van der Waals surface area contributed by atoms with Crippen molar-refractivity contribution in [3.63, 3.8) is 0 Å². The van der Waals surface area contributed by atoms with Crippen molar-refractivity contribution in [1.82, 2.24) is 5.32 Å². The van der Waals surface area contributed by atoms with Crippen LogP contribution >= 0.6 is 0 Å². The fraction of sp³-hybridized carbons (Fsp3) is 0.556. The van der Waals surface area contributed by atoms with Crippen LogP contribution in [0.4, 0.5) is 0 Å². The van der Waals surface area contributed by atoms with Gasteiger partial charge in [-0.15, -0.1) is 0 Å². The number of rotatable bonds is 5. The fourth-order valence-corrected chi connectivity index (χ4v) is 3.36. The molecule has 1 heterocycles.